The average molecular weight is 286 g/mol. The van der Waals surface area contributed by atoms with Crippen LogP contribution in [0.5, 0.6) is 0 Å². The van der Waals surface area contributed by atoms with Crippen LogP contribution in [0.25, 0.3) is 0 Å². The molecule has 0 bridgehead atoms. The molecule has 1 aromatic carbocycles. The van der Waals surface area contributed by atoms with Gasteiger partial charge in [0.25, 0.3) is 0 Å². The molecule has 4 heteroatoms. The number of hydrogen-bond acceptors (Lipinski definition) is 3. The highest BCUT2D eigenvalue weighted by atomic mass is 32.1. The van der Waals surface area contributed by atoms with Crippen LogP contribution >= 0.6 is 11.3 Å². The minimum Gasteiger partial charge on any atom is -0.322 e. The smallest absolute Gasteiger partial charge is 0.227 e. The van der Waals surface area contributed by atoms with Gasteiger partial charge in [-0.25, -0.2) is 0 Å². The number of hydrogen-bond donors (Lipinski definition) is 1. The lowest BCUT2D eigenvalue weighted by Crippen LogP contribution is -2.39. The molecule has 1 unspecified atom stereocenters. The Labute approximate surface area is 123 Å². The summed E-state index contributed by atoms with van der Waals surface area (Å²) in [5, 5.41) is 0. The van der Waals surface area contributed by atoms with Crippen LogP contribution in [0.2, 0.25) is 0 Å². The highest BCUT2D eigenvalue weighted by Gasteiger charge is 2.25. The summed E-state index contributed by atoms with van der Waals surface area (Å²) in [5.41, 5.74) is 8.53. The van der Waals surface area contributed by atoms with Crippen molar-refractivity contribution in [1.82, 2.24) is 0 Å². The minimum absolute atomic E-state index is 0.121. The van der Waals surface area contributed by atoms with E-state index in [0.717, 1.165) is 17.0 Å². The van der Waals surface area contributed by atoms with Crippen molar-refractivity contribution in [2.24, 2.45) is 5.73 Å². The molecule has 2 N–H and O–H groups in total. The number of nitrogens with two attached hydrogens (primary N) is 1. The molecule has 1 amide bonds. The highest BCUT2D eigenvalue weighted by Crippen LogP contribution is 2.30. The third-order valence-corrected chi connectivity index (χ3v) is 4.83. The lowest BCUT2D eigenvalue weighted by atomic mass is 10.0. The summed E-state index contributed by atoms with van der Waals surface area (Å²) in [4.78, 5) is 16.4. The molecule has 3 rings (SSSR count). The van der Waals surface area contributed by atoms with Crippen molar-refractivity contribution in [2.75, 3.05) is 11.4 Å². The van der Waals surface area contributed by atoms with Gasteiger partial charge in [0.2, 0.25) is 5.91 Å². The van der Waals surface area contributed by atoms with Crippen LogP contribution in [0.4, 0.5) is 5.69 Å². The predicted octanol–water partition coefficient (Wildman–Crippen LogP) is 3.04. The van der Waals surface area contributed by atoms with Gasteiger partial charge in [0.15, 0.2) is 0 Å². The van der Waals surface area contributed by atoms with Gasteiger partial charge in [0.05, 0.1) is 6.04 Å². The normalized spacial score (nSPS) is 16.1. The second kappa shape index (κ2) is 5.38. The van der Waals surface area contributed by atoms with Gasteiger partial charge in [-0.2, -0.15) is 0 Å². The van der Waals surface area contributed by atoms with Crippen molar-refractivity contribution in [3.05, 3.63) is 51.7 Å². The lowest BCUT2D eigenvalue weighted by molar-refractivity contribution is -0.119. The van der Waals surface area contributed by atoms with Crippen molar-refractivity contribution < 1.29 is 4.79 Å². The molecule has 0 spiro atoms. The Morgan fingerprint density at radius 2 is 2.05 bits per heavy atom. The molecule has 104 valence electrons. The van der Waals surface area contributed by atoms with Crippen molar-refractivity contribution in [2.45, 2.75) is 25.8 Å². The second-order valence-electron chi connectivity index (χ2n) is 5.19. The van der Waals surface area contributed by atoms with Gasteiger partial charge in [-0.3, -0.25) is 4.79 Å². The van der Waals surface area contributed by atoms with Crippen LogP contribution in [0, 0.1) is 6.92 Å². The summed E-state index contributed by atoms with van der Waals surface area (Å²) in [6.45, 7) is 2.62. The fraction of sp³-hybridized carbons (Fsp3) is 0.312. The molecule has 1 atom stereocenters. The van der Waals surface area contributed by atoms with Crippen LogP contribution in [0.1, 0.15) is 27.8 Å². The number of thiophene rings is 1. The molecule has 1 aliphatic rings. The largest absolute Gasteiger partial charge is 0.322 e. The maximum Gasteiger partial charge on any atom is 0.227 e. The summed E-state index contributed by atoms with van der Waals surface area (Å²) in [6.07, 6.45) is 1.41. The first-order valence-electron chi connectivity index (χ1n) is 6.85. The molecular weight excluding hydrogens is 268 g/mol. The monoisotopic (exact) mass is 286 g/mol. The number of carbonyl (C=O) groups excluding carboxylic acids is 1. The van der Waals surface area contributed by atoms with E-state index in [1.54, 1.807) is 11.3 Å². The van der Waals surface area contributed by atoms with Crippen molar-refractivity contribution in [3.8, 4) is 0 Å². The molecule has 3 nitrogen and oxygen atoms in total. The van der Waals surface area contributed by atoms with Crippen molar-refractivity contribution in [3.63, 3.8) is 0 Å². The van der Waals surface area contributed by atoms with Crippen LogP contribution in [0.15, 0.2) is 36.4 Å². The van der Waals surface area contributed by atoms with Gasteiger partial charge in [-0.05, 0) is 37.1 Å². The maximum absolute atomic E-state index is 12.2. The zero-order chi connectivity index (χ0) is 14.1. The molecule has 0 aliphatic carbocycles. The van der Waals surface area contributed by atoms with Crippen LogP contribution in [0.3, 0.4) is 0 Å². The molecule has 0 saturated carbocycles. The number of carbonyl (C=O) groups is 1. The maximum atomic E-state index is 12.2. The Kier molecular flexibility index (Phi) is 3.59. The van der Waals surface area contributed by atoms with Gasteiger partial charge in [-0.1, -0.05) is 18.2 Å². The van der Waals surface area contributed by atoms with E-state index >= 15 is 0 Å². The number of fused-ring (bicyclic) bond motifs is 1. The Bertz CT molecular complexity index is 635. The standard InChI is InChI=1S/C16H18N2OS/c1-11-6-8-15(20-11)13(17)10-18-14-5-3-2-4-12(14)7-9-16(18)19/h2-6,8,13H,7,9-10,17H2,1H3. The van der Waals surface area contributed by atoms with E-state index in [1.807, 2.05) is 23.1 Å². The summed E-state index contributed by atoms with van der Waals surface area (Å²) in [5.74, 6) is 0.174. The topological polar surface area (TPSA) is 46.3 Å². The van der Waals surface area contributed by atoms with E-state index in [4.69, 9.17) is 5.73 Å². The third-order valence-electron chi connectivity index (χ3n) is 3.70. The van der Waals surface area contributed by atoms with E-state index in [-0.39, 0.29) is 11.9 Å². The summed E-state index contributed by atoms with van der Waals surface area (Å²) >= 11 is 1.70. The average Bonchev–Trinajstić information content (AvgIpc) is 2.89. The first-order chi connectivity index (χ1) is 9.65. The van der Waals surface area contributed by atoms with E-state index in [9.17, 15) is 4.79 Å². The number of benzene rings is 1. The van der Waals surface area contributed by atoms with Gasteiger partial charge in [-0.15, -0.1) is 11.3 Å². The lowest BCUT2D eigenvalue weighted by Gasteiger charge is -2.31. The Hall–Kier alpha value is -1.65. The molecule has 0 saturated heterocycles. The summed E-state index contributed by atoms with van der Waals surface area (Å²) in [7, 11) is 0. The number of nitrogens with zero attached hydrogens (tertiary/aromatic N) is 1. The third kappa shape index (κ3) is 2.49. The fourth-order valence-corrected chi connectivity index (χ4v) is 3.51. The number of aryl methyl sites for hydroxylation is 2. The summed E-state index contributed by atoms with van der Waals surface area (Å²) < 4.78 is 0. The van der Waals surface area contributed by atoms with E-state index in [1.165, 1.54) is 10.4 Å². The molecule has 0 radical (unpaired) electrons. The van der Waals surface area contributed by atoms with Crippen LogP contribution in [-0.2, 0) is 11.2 Å². The van der Waals surface area contributed by atoms with Gasteiger partial charge in [0, 0.05) is 28.4 Å². The first kappa shape index (κ1) is 13.3. The number of para-hydroxylation sites is 1. The Morgan fingerprint density at radius 1 is 1.25 bits per heavy atom. The van der Waals surface area contributed by atoms with E-state index in [0.29, 0.717) is 13.0 Å². The van der Waals surface area contributed by atoms with Crippen LogP contribution < -0.4 is 10.6 Å². The van der Waals surface area contributed by atoms with Gasteiger partial charge >= 0.3 is 0 Å². The van der Waals surface area contributed by atoms with Crippen molar-refractivity contribution >= 4 is 22.9 Å². The minimum atomic E-state index is -0.121. The fourth-order valence-electron chi connectivity index (χ4n) is 2.64. The molecule has 2 aromatic rings. The van der Waals surface area contributed by atoms with Gasteiger partial charge < -0.3 is 10.6 Å². The Balaban J connectivity index is 1.84. The van der Waals surface area contributed by atoms with Crippen molar-refractivity contribution in [1.29, 1.82) is 0 Å². The van der Waals surface area contributed by atoms with Crippen LogP contribution in [-0.4, -0.2) is 12.5 Å². The summed E-state index contributed by atoms with van der Waals surface area (Å²) in [6, 6.07) is 12.1. The second-order valence-corrected chi connectivity index (χ2v) is 6.51. The molecular formula is C16H18N2OS. The van der Waals surface area contributed by atoms with E-state index < -0.39 is 0 Å². The molecule has 1 aliphatic heterocycles. The Morgan fingerprint density at radius 3 is 2.80 bits per heavy atom. The number of anilines is 1. The quantitative estimate of drug-likeness (QED) is 0.942. The molecule has 0 fully saturated rings. The first-order valence-corrected chi connectivity index (χ1v) is 7.67. The zero-order valence-electron chi connectivity index (χ0n) is 11.5. The highest BCUT2D eigenvalue weighted by molar-refractivity contribution is 7.12. The molecule has 1 aromatic heterocycles. The van der Waals surface area contributed by atoms with E-state index in [2.05, 4.69) is 25.1 Å². The molecule has 2 heterocycles. The predicted molar refractivity (Wildman–Crippen MR) is 83.1 cm³/mol. The van der Waals surface area contributed by atoms with Gasteiger partial charge in [0.1, 0.15) is 0 Å². The zero-order valence-corrected chi connectivity index (χ0v) is 12.3. The number of amides is 1. The SMILES string of the molecule is Cc1ccc(C(N)CN2C(=O)CCc3ccccc32)s1. The molecule has 20 heavy (non-hydrogen) atoms. The number of rotatable bonds is 3.